The molecule has 1 saturated heterocycles. The van der Waals surface area contributed by atoms with E-state index in [1.165, 1.54) is 23.3 Å². The zero-order valence-electron chi connectivity index (χ0n) is 12.0. The number of hydrogen-bond acceptors (Lipinski definition) is 4. The summed E-state index contributed by atoms with van der Waals surface area (Å²) in [6, 6.07) is 0. The van der Waals surface area contributed by atoms with Crippen molar-refractivity contribution in [2.45, 2.75) is 25.7 Å². The molecule has 1 amide bonds. The number of carbonyl (C=O) groups excluding carboxylic acids is 1. The summed E-state index contributed by atoms with van der Waals surface area (Å²) >= 11 is 1.72. The molecule has 1 aromatic rings. The van der Waals surface area contributed by atoms with E-state index in [1.807, 2.05) is 15.2 Å². The number of nitrogens with zero attached hydrogens (tertiary/aromatic N) is 2. The van der Waals surface area contributed by atoms with Crippen LogP contribution in [0, 0.1) is 0 Å². The van der Waals surface area contributed by atoms with Gasteiger partial charge in [-0.3, -0.25) is 14.5 Å². The second kappa shape index (κ2) is 6.15. The van der Waals surface area contributed by atoms with Gasteiger partial charge in [0.1, 0.15) is 0 Å². The van der Waals surface area contributed by atoms with Crippen molar-refractivity contribution in [3.63, 3.8) is 0 Å². The van der Waals surface area contributed by atoms with Crippen LogP contribution in [0.3, 0.4) is 0 Å². The SMILES string of the molecule is O=C(O)CN1CCN(C(=O)c2csc3c2CCCC3)CC1. The number of hydrogen-bond donors (Lipinski definition) is 1. The molecule has 0 unspecified atom stereocenters. The van der Waals surface area contributed by atoms with Gasteiger partial charge >= 0.3 is 5.97 Å². The summed E-state index contributed by atoms with van der Waals surface area (Å²) in [5.41, 5.74) is 2.16. The maximum Gasteiger partial charge on any atom is 0.317 e. The van der Waals surface area contributed by atoms with Gasteiger partial charge in [0.05, 0.1) is 12.1 Å². The summed E-state index contributed by atoms with van der Waals surface area (Å²) in [4.78, 5) is 28.5. The number of fused-ring (bicyclic) bond motifs is 1. The van der Waals surface area contributed by atoms with Crippen LogP contribution in [0.15, 0.2) is 5.38 Å². The van der Waals surface area contributed by atoms with E-state index in [2.05, 4.69) is 0 Å². The molecule has 5 nitrogen and oxygen atoms in total. The van der Waals surface area contributed by atoms with Crippen LogP contribution >= 0.6 is 11.3 Å². The van der Waals surface area contributed by atoms with Crippen LogP contribution in [0.25, 0.3) is 0 Å². The van der Waals surface area contributed by atoms with Crippen LogP contribution in [0.2, 0.25) is 0 Å². The summed E-state index contributed by atoms with van der Waals surface area (Å²) in [6.07, 6.45) is 4.55. The minimum Gasteiger partial charge on any atom is -0.480 e. The van der Waals surface area contributed by atoms with Gasteiger partial charge in [0.15, 0.2) is 0 Å². The Balaban J connectivity index is 1.64. The first kappa shape index (κ1) is 14.5. The molecular formula is C15H20N2O3S. The van der Waals surface area contributed by atoms with Gasteiger partial charge in [-0.1, -0.05) is 0 Å². The third-order valence-corrected chi connectivity index (χ3v) is 5.40. The van der Waals surface area contributed by atoms with Crippen molar-refractivity contribution in [3.8, 4) is 0 Å². The maximum atomic E-state index is 12.7. The Morgan fingerprint density at radius 2 is 1.86 bits per heavy atom. The van der Waals surface area contributed by atoms with E-state index in [0.717, 1.165) is 18.4 Å². The molecule has 0 spiro atoms. The average molecular weight is 308 g/mol. The van der Waals surface area contributed by atoms with Crippen molar-refractivity contribution in [1.29, 1.82) is 0 Å². The lowest BCUT2D eigenvalue weighted by molar-refractivity contribution is -0.138. The van der Waals surface area contributed by atoms with Crippen molar-refractivity contribution < 1.29 is 14.7 Å². The third kappa shape index (κ3) is 3.11. The number of thiophene rings is 1. The highest BCUT2D eigenvalue weighted by Gasteiger charge is 2.27. The Kier molecular flexibility index (Phi) is 4.26. The Morgan fingerprint density at radius 1 is 1.14 bits per heavy atom. The van der Waals surface area contributed by atoms with Crippen molar-refractivity contribution in [2.75, 3.05) is 32.7 Å². The van der Waals surface area contributed by atoms with Gasteiger partial charge in [0.25, 0.3) is 5.91 Å². The number of amides is 1. The van der Waals surface area contributed by atoms with Crippen molar-refractivity contribution in [1.82, 2.24) is 9.80 Å². The number of carboxylic acids is 1. The topological polar surface area (TPSA) is 60.9 Å². The van der Waals surface area contributed by atoms with E-state index in [0.29, 0.717) is 26.2 Å². The van der Waals surface area contributed by atoms with E-state index in [4.69, 9.17) is 5.11 Å². The number of carbonyl (C=O) groups is 2. The van der Waals surface area contributed by atoms with Crippen LogP contribution in [-0.2, 0) is 17.6 Å². The highest BCUT2D eigenvalue weighted by molar-refractivity contribution is 7.10. The first-order chi connectivity index (χ1) is 10.1. The number of aliphatic carboxylic acids is 1. The molecular weight excluding hydrogens is 288 g/mol. The molecule has 1 aromatic heterocycles. The first-order valence-corrected chi connectivity index (χ1v) is 8.36. The summed E-state index contributed by atoms with van der Waals surface area (Å²) in [7, 11) is 0. The molecule has 1 N–H and O–H groups in total. The smallest absolute Gasteiger partial charge is 0.317 e. The molecule has 3 rings (SSSR count). The van der Waals surface area contributed by atoms with E-state index < -0.39 is 5.97 Å². The molecule has 6 heteroatoms. The fraction of sp³-hybridized carbons (Fsp3) is 0.600. The number of piperazine rings is 1. The van der Waals surface area contributed by atoms with Crippen molar-refractivity contribution >= 4 is 23.2 Å². The maximum absolute atomic E-state index is 12.7. The molecule has 2 aliphatic rings. The molecule has 0 radical (unpaired) electrons. The quantitative estimate of drug-likeness (QED) is 0.918. The van der Waals surface area contributed by atoms with Gasteiger partial charge in [0, 0.05) is 36.4 Å². The Morgan fingerprint density at radius 3 is 2.57 bits per heavy atom. The van der Waals surface area contributed by atoms with Gasteiger partial charge in [-0.2, -0.15) is 0 Å². The minimum absolute atomic E-state index is 0.0654. The normalized spacial score (nSPS) is 19.3. The fourth-order valence-electron chi connectivity index (χ4n) is 3.14. The predicted octanol–water partition coefficient (Wildman–Crippen LogP) is 1.47. The van der Waals surface area contributed by atoms with E-state index in [-0.39, 0.29) is 12.5 Å². The van der Waals surface area contributed by atoms with Crippen LogP contribution in [0.4, 0.5) is 0 Å². The molecule has 0 saturated carbocycles. The summed E-state index contributed by atoms with van der Waals surface area (Å²) < 4.78 is 0. The lowest BCUT2D eigenvalue weighted by Gasteiger charge is -2.34. The molecule has 114 valence electrons. The zero-order valence-corrected chi connectivity index (χ0v) is 12.8. The van der Waals surface area contributed by atoms with Gasteiger partial charge in [0.2, 0.25) is 0 Å². The fourth-order valence-corrected chi connectivity index (χ4v) is 4.26. The molecule has 21 heavy (non-hydrogen) atoms. The monoisotopic (exact) mass is 308 g/mol. The zero-order chi connectivity index (χ0) is 14.8. The highest BCUT2D eigenvalue weighted by atomic mass is 32.1. The summed E-state index contributed by atoms with van der Waals surface area (Å²) in [5.74, 6) is -0.675. The van der Waals surface area contributed by atoms with Gasteiger partial charge < -0.3 is 10.0 Å². The van der Waals surface area contributed by atoms with Crippen LogP contribution in [0.5, 0.6) is 0 Å². The Bertz CT molecular complexity index is 547. The van der Waals surface area contributed by atoms with Gasteiger partial charge in [-0.05, 0) is 31.2 Å². The molecule has 2 heterocycles. The molecule has 1 aliphatic heterocycles. The third-order valence-electron chi connectivity index (χ3n) is 4.31. The van der Waals surface area contributed by atoms with E-state index in [9.17, 15) is 9.59 Å². The second-order valence-corrected chi connectivity index (χ2v) is 6.68. The van der Waals surface area contributed by atoms with Crippen LogP contribution in [0.1, 0.15) is 33.6 Å². The largest absolute Gasteiger partial charge is 0.480 e. The predicted molar refractivity (Wildman–Crippen MR) is 80.9 cm³/mol. The standard InChI is InChI=1S/C15H20N2O3S/c18-14(19)9-16-5-7-17(8-6-16)15(20)12-10-21-13-4-2-1-3-11(12)13/h10H,1-9H2,(H,18,19). The minimum atomic E-state index is -0.804. The van der Waals surface area contributed by atoms with E-state index in [1.54, 1.807) is 11.3 Å². The van der Waals surface area contributed by atoms with Crippen LogP contribution in [-0.4, -0.2) is 59.5 Å². The summed E-state index contributed by atoms with van der Waals surface area (Å²) in [5, 5.41) is 10.8. The Labute approximate surface area is 128 Å². The lowest BCUT2D eigenvalue weighted by atomic mass is 9.95. The van der Waals surface area contributed by atoms with Crippen LogP contribution < -0.4 is 0 Å². The molecule has 0 atom stereocenters. The number of rotatable bonds is 3. The molecule has 0 aromatic carbocycles. The van der Waals surface area contributed by atoms with E-state index >= 15 is 0 Å². The van der Waals surface area contributed by atoms with Crippen molar-refractivity contribution in [2.24, 2.45) is 0 Å². The first-order valence-electron chi connectivity index (χ1n) is 7.48. The molecule has 1 aliphatic carbocycles. The second-order valence-electron chi connectivity index (χ2n) is 5.72. The summed E-state index contributed by atoms with van der Waals surface area (Å²) in [6.45, 7) is 2.60. The molecule has 1 fully saturated rings. The lowest BCUT2D eigenvalue weighted by Crippen LogP contribution is -2.50. The van der Waals surface area contributed by atoms with Gasteiger partial charge in [-0.15, -0.1) is 11.3 Å². The Hall–Kier alpha value is -1.40. The highest BCUT2D eigenvalue weighted by Crippen LogP contribution is 2.31. The number of aryl methyl sites for hydroxylation is 1. The number of carboxylic acid groups (broad SMARTS) is 1. The van der Waals surface area contributed by atoms with Gasteiger partial charge in [-0.25, -0.2) is 0 Å². The van der Waals surface area contributed by atoms with Crippen molar-refractivity contribution in [3.05, 3.63) is 21.4 Å². The molecule has 0 bridgehead atoms. The average Bonchev–Trinajstić information content (AvgIpc) is 2.90.